The molecule has 0 spiro atoms. The maximum Gasteiger partial charge on any atom is 0.262 e. The topological polar surface area (TPSA) is 54.5 Å². The Labute approximate surface area is 166 Å². The largest absolute Gasteiger partial charge is 0.474 e. The number of aromatic nitrogens is 1. The average Bonchev–Trinajstić information content (AvgIpc) is 3.47. The molecule has 5 nitrogen and oxygen atoms in total. The van der Waals surface area contributed by atoms with E-state index in [-0.39, 0.29) is 11.9 Å². The van der Waals surface area contributed by atoms with Crippen molar-refractivity contribution in [1.82, 2.24) is 9.88 Å². The number of ether oxygens (including phenoxy) is 1. The van der Waals surface area contributed by atoms with Crippen LogP contribution in [0.15, 0.2) is 30.3 Å². The molecular formula is C21H22F3N3O2. The van der Waals surface area contributed by atoms with Crippen molar-refractivity contribution >= 4 is 11.7 Å². The SMILES string of the molecule is O=C(Nc1cccc(OC2CCN(CC3CC3)CC2)n1)c1c(F)cc(F)cc1F. The second-order valence-corrected chi connectivity index (χ2v) is 7.62. The highest BCUT2D eigenvalue weighted by Gasteiger charge is 2.27. The second kappa shape index (κ2) is 8.41. The number of hydrogen-bond donors (Lipinski definition) is 1. The Hall–Kier alpha value is -2.61. The van der Waals surface area contributed by atoms with Crippen LogP contribution in [0.3, 0.4) is 0 Å². The summed E-state index contributed by atoms with van der Waals surface area (Å²) in [4.78, 5) is 18.9. The van der Waals surface area contributed by atoms with Gasteiger partial charge in [-0.1, -0.05) is 6.07 Å². The van der Waals surface area contributed by atoms with E-state index in [4.69, 9.17) is 4.74 Å². The van der Waals surface area contributed by atoms with Crippen molar-refractivity contribution in [1.29, 1.82) is 0 Å². The fourth-order valence-corrected chi connectivity index (χ4v) is 3.53. The monoisotopic (exact) mass is 405 g/mol. The molecule has 0 unspecified atom stereocenters. The van der Waals surface area contributed by atoms with E-state index in [0.29, 0.717) is 18.0 Å². The van der Waals surface area contributed by atoms with E-state index in [2.05, 4.69) is 15.2 Å². The molecule has 2 fully saturated rings. The van der Waals surface area contributed by atoms with Gasteiger partial charge in [-0.05, 0) is 37.7 Å². The molecule has 0 atom stereocenters. The second-order valence-electron chi connectivity index (χ2n) is 7.62. The molecule has 1 N–H and O–H groups in total. The normalized spacial score (nSPS) is 17.9. The highest BCUT2D eigenvalue weighted by atomic mass is 19.1. The third-order valence-corrected chi connectivity index (χ3v) is 5.23. The van der Waals surface area contributed by atoms with Gasteiger partial charge >= 0.3 is 0 Å². The molecule has 1 aromatic heterocycles. The molecule has 1 aliphatic carbocycles. The van der Waals surface area contributed by atoms with Crippen LogP contribution in [0.4, 0.5) is 19.0 Å². The number of pyridine rings is 1. The number of nitrogens with one attached hydrogen (secondary N) is 1. The van der Waals surface area contributed by atoms with Crippen LogP contribution in [0, 0.1) is 23.4 Å². The van der Waals surface area contributed by atoms with Gasteiger partial charge in [-0.2, -0.15) is 4.98 Å². The molecule has 1 aromatic carbocycles. The van der Waals surface area contributed by atoms with Gasteiger partial charge in [0.1, 0.15) is 34.9 Å². The highest BCUT2D eigenvalue weighted by molar-refractivity contribution is 6.04. The number of hydrogen-bond acceptors (Lipinski definition) is 4. The summed E-state index contributed by atoms with van der Waals surface area (Å²) in [6.45, 7) is 3.14. The summed E-state index contributed by atoms with van der Waals surface area (Å²) in [5, 5.41) is 2.33. The van der Waals surface area contributed by atoms with E-state index in [1.165, 1.54) is 25.5 Å². The van der Waals surface area contributed by atoms with Gasteiger partial charge in [0.05, 0.1) is 0 Å². The minimum atomic E-state index is -1.27. The van der Waals surface area contributed by atoms with Gasteiger partial charge in [0.2, 0.25) is 5.88 Å². The zero-order valence-corrected chi connectivity index (χ0v) is 15.8. The molecule has 2 heterocycles. The summed E-state index contributed by atoms with van der Waals surface area (Å²) in [5.74, 6) is -3.38. The fraction of sp³-hybridized carbons (Fsp3) is 0.429. The third-order valence-electron chi connectivity index (χ3n) is 5.23. The number of halogens is 3. The van der Waals surface area contributed by atoms with Gasteiger partial charge in [0.25, 0.3) is 5.91 Å². The van der Waals surface area contributed by atoms with Crippen molar-refractivity contribution in [3.63, 3.8) is 0 Å². The Morgan fingerprint density at radius 3 is 2.45 bits per heavy atom. The van der Waals surface area contributed by atoms with Gasteiger partial charge in [0, 0.05) is 37.8 Å². The van der Waals surface area contributed by atoms with E-state index < -0.39 is 28.9 Å². The molecule has 1 aliphatic heterocycles. The first-order chi connectivity index (χ1) is 14.0. The first-order valence-corrected chi connectivity index (χ1v) is 9.80. The van der Waals surface area contributed by atoms with Crippen molar-refractivity contribution in [2.24, 2.45) is 5.92 Å². The van der Waals surface area contributed by atoms with Crippen LogP contribution in [-0.2, 0) is 0 Å². The molecule has 0 bridgehead atoms. The lowest BCUT2D eigenvalue weighted by Gasteiger charge is -2.31. The van der Waals surface area contributed by atoms with Gasteiger partial charge in [0.15, 0.2) is 0 Å². The number of carbonyl (C=O) groups excluding carboxylic acids is 1. The number of carbonyl (C=O) groups is 1. The van der Waals surface area contributed by atoms with Gasteiger partial charge in [-0.15, -0.1) is 0 Å². The molecule has 2 aliphatic rings. The predicted octanol–water partition coefficient (Wildman–Crippen LogP) is 4.00. The van der Waals surface area contributed by atoms with Crippen molar-refractivity contribution < 1.29 is 22.7 Å². The summed E-state index contributed by atoms with van der Waals surface area (Å²) in [6, 6.07) is 5.71. The molecule has 0 radical (unpaired) electrons. The minimum Gasteiger partial charge on any atom is -0.474 e. The first kappa shape index (κ1) is 19.7. The molecule has 8 heteroatoms. The lowest BCUT2D eigenvalue weighted by molar-refractivity contribution is 0.0945. The Bertz CT molecular complexity index is 873. The number of anilines is 1. The quantitative estimate of drug-likeness (QED) is 0.789. The Kier molecular flexibility index (Phi) is 5.71. The molecule has 2 aromatic rings. The van der Waals surface area contributed by atoms with Crippen molar-refractivity contribution in [3.8, 4) is 5.88 Å². The summed E-state index contributed by atoms with van der Waals surface area (Å²) in [5.41, 5.74) is -0.859. The standard InChI is InChI=1S/C21H22F3N3O2/c22-14-10-16(23)20(17(24)11-14)21(28)26-18-2-1-3-19(25-18)29-15-6-8-27(9-7-15)12-13-4-5-13/h1-3,10-11,13,15H,4-9,12H2,(H,25,26,28). The first-order valence-electron chi connectivity index (χ1n) is 9.80. The molecule has 4 rings (SSSR count). The average molecular weight is 405 g/mol. The van der Waals surface area contributed by atoms with Gasteiger partial charge < -0.3 is 15.0 Å². The highest BCUT2D eigenvalue weighted by Crippen LogP contribution is 2.31. The number of piperidine rings is 1. The maximum absolute atomic E-state index is 13.8. The van der Waals surface area contributed by atoms with Gasteiger partial charge in [-0.3, -0.25) is 4.79 Å². The van der Waals surface area contributed by atoms with Crippen LogP contribution < -0.4 is 10.1 Å². The number of benzene rings is 1. The Morgan fingerprint density at radius 2 is 1.79 bits per heavy atom. The van der Waals surface area contributed by atoms with E-state index in [1.54, 1.807) is 12.1 Å². The lowest BCUT2D eigenvalue weighted by Crippen LogP contribution is -2.39. The summed E-state index contributed by atoms with van der Waals surface area (Å²) in [6.07, 6.45) is 4.51. The van der Waals surface area contributed by atoms with Gasteiger partial charge in [-0.25, -0.2) is 13.2 Å². The number of amides is 1. The van der Waals surface area contributed by atoms with Crippen LogP contribution in [0.25, 0.3) is 0 Å². The van der Waals surface area contributed by atoms with Crippen molar-refractivity contribution in [3.05, 3.63) is 53.3 Å². The summed E-state index contributed by atoms with van der Waals surface area (Å²) >= 11 is 0. The summed E-state index contributed by atoms with van der Waals surface area (Å²) < 4.78 is 46.5. The maximum atomic E-state index is 13.8. The predicted molar refractivity (Wildman–Crippen MR) is 101 cm³/mol. The zero-order valence-electron chi connectivity index (χ0n) is 15.8. The number of nitrogens with zero attached hydrogens (tertiary/aromatic N) is 2. The van der Waals surface area contributed by atoms with E-state index in [1.807, 2.05) is 0 Å². The Morgan fingerprint density at radius 1 is 1.10 bits per heavy atom. The van der Waals surface area contributed by atoms with E-state index in [0.717, 1.165) is 31.8 Å². The van der Waals surface area contributed by atoms with Crippen LogP contribution >= 0.6 is 0 Å². The van der Waals surface area contributed by atoms with Crippen molar-refractivity contribution in [2.75, 3.05) is 25.0 Å². The van der Waals surface area contributed by atoms with Crippen LogP contribution in [-0.4, -0.2) is 41.5 Å². The number of likely N-dealkylation sites (tertiary alicyclic amines) is 1. The van der Waals surface area contributed by atoms with E-state index >= 15 is 0 Å². The minimum absolute atomic E-state index is 0.0379. The van der Waals surface area contributed by atoms with Crippen LogP contribution in [0.5, 0.6) is 5.88 Å². The molecule has 29 heavy (non-hydrogen) atoms. The van der Waals surface area contributed by atoms with Crippen LogP contribution in [0.1, 0.15) is 36.0 Å². The number of rotatable bonds is 6. The smallest absolute Gasteiger partial charge is 0.262 e. The Balaban J connectivity index is 1.36. The van der Waals surface area contributed by atoms with Crippen LogP contribution in [0.2, 0.25) is 0 Å². The molecular weight excluding hydrogens is 383 g/mol. The molecule has 1 saturated heterocycles. The molecule has 1 amide bonds. The lowest BCUT2D eigenvalue weighted by atomic mass is 10.1. The fourth-order valence-electron chi connectivity index (χ4n) is 3.53. The van der Waals surface area contributed by atoms with E-state index in [9.17, 15) is 18.0 Å². The summed E-state index contributed by atoms with van der Waals surface area (Å²) in [7, 11) is 0. The molecule has 1 saturated carbocycles. The van der Waals surface area contributed by atoms with Crippen molar-refractivity contribution in [2.45, 2.75) is 31.8 Å². The third kappa shape index (κ3) is 5.06. The zero-order chi connectivity index (χ0) is 20.4. The molecule has 154 valence electrons.